The maximum Gasteiger partial charge on any atom is 0.250 e. The van der Waals surface area contributed by atoms with Crippen LogP contribution in [-0.4, -0.2) is 26.8 Å². The van der Waals surface area contributed by atoms with Crippen LogP contribution in [0.5, 0.6) is 5.75 Å². The van der Waals surface area contributed by atoms with Crippen LogP contribution in [0, 0.1) is 5.82 Å². The largest absolute Gasteiger partial charge is 0.494 e. The fraction of sp³-hybridized carbons (Fsp3) is 0.231. The minimum atomic E-state index is -0.385. The van der Waals surface area contributed by atoms with Crippen LogP contribution in [0.2, 0.25) is 0 Å². The summed E-state index contributed by atoms with van der Waals surface area (Å²) in [4.78, 5) is 14.3. The molecule has 1 aliphatic heterocycles. The molecule has 0 fully saturated rings. The predicted molar refractivity (Wildman–Crippen MR) is 136 cm³/mol. The van der Waals surface area contributed by atoms with Crippen molar-refractivity contribution < 1.29 is 9.13 Å². The molecule has 2 aromatic heterocycles. The molecular formula is C26H25BrFN5O2. The first-order valence-corrected chi connectivity index (χ1v) is 12.1. The minimum Gasteiger partial charge on any atom is -0.494 e. The van der Waals surface area contributed by atoms with E-state index in [1.54, 1.807) is 35.0 Å². The van der Waals surface area contributed by atoms with E-state index in [1.165, 1.54) is 12.7 Å². The zero-order valence-electron chi connectivity index (χ0n) is 19.2. The Morgan fingerprint density at radius 1 is 1.09 bits per heavy atom. The number of hydrogen-bond acceptors (Lipinski definition) is 5. The molecule has 0 bridgehead atoms. The zero-order valence-corrected chi connectivity index (χ0v) is 20.8. The standard InChI is InChI=1S/C26H25BrFN5O2/c1-35-23-10-9-21(27)19(25(23)28)12-29-26-20-15-32(16-22(20)30-31-26)13-17-5-7-18(8-6-17)14-33-11-3-2-4-24(33)34/h2-11H,12-16H2,1H3,(H2,29,30,31). The molecule has 0 unspecified atom stereocenters. The molecule has 0 saturated carbocycles. The fourth-order valence-electron chi connectivity index (χ4n) is 4.33. The van der Waals surface area contributed by atoms with Crippen LogP contribution in [0.25, 0.3) is 0 Å². The number of anilines is 1. The number of H-pyrrole nitrogens is 1. The molecule has 0 radical (unpaired) electrons. The highest BCUT2D eigenvalue weighted by Crippen LogP contribution is 2.31. The van der Waals surface area contributed by atoms with Crippen LogP contribution < -0.4 is 15.6 Å². The van der Waals surface area contributed by atoms with Gasteiger partial charge in [-0.1, -0.05) is 46.3 Å². The van der Waals surface area contributed by atoms with E-state index in [2.05, 4.69) is 60.6 Å². The highest BCUT2D eigenvalue weighted by Gasteiger charge is 2.25. The summed E-state index contributed by atoms with van der Waals surface area (Å²) in [6.45, 7) is 3.15. The van der Waals surface area contributed by atoms with Crippen molar-refractivity contribution in [2.24, 2.45) is 0 Å². The van der Waals surface area contributed by atoms with Gasteiger partial charge in [0.15, 0.2) is 17.4 Å². The Balaban J connectivity index is 1.21. The third kappa shape index (κ3) is 5.01. The molecule has 180 valence electrons. The topological polar surface area (TPSA) is 75.2 Å². The van der Waals surface area contributed by atoms with Gasteiger partial charge in [-0.2, -0.15) is 5.10 Å². The fourth-order valence-corrected chi connectivity index (χ4v) is 4.77. The Labute approximate surface area is 210 Å². The SMILES string of the molecule is COc1ccc(Br)c(CNc2n[nH]c3c2CN(Cc2ccc(Cn4ccccc4=O)cc2)C3)c1F. The second-order valence-corrected chi connectivity index (χ2v) is 9.41. The van der Waals surface area contributed by atoms with Gasteiger partial charge in [0, 0.05) is 54.0 Å². The average molecular weight is 538 g/mol. The Hall–Kier alpha value is -3.43. The summed E-state index contributed by atoms with van der Waals surface area (Å²) >= 11 is 3.42. The molecule has 35 heavy (non-hydrogen) atoms. The number of aromatic amines is 1. The van der Waals surface area contributed by atoms with Gasteiger partial charge in [0.25, 0.3) is 5.56 Å². The van der Waals surface area contributed by atoms with Gasteiger partial charge in [-0.05, 0) is 29.3 Å². The van der Waals surface area contributed by atoms with E-state index in [9.17, 15) is 9.18 Å². The molecule has 0 spiro atoms. The monoisotopic (exact) mass is 537 g/mol. The van der Waals surface area contributed by atoms with E-state index < -0.39 is 0 Å². The molecule has 9 heteroatoms. The molecule has 4 aromatic rings. The molecule has 1 aliphatic rings. The van der Waals surface area contributed by atoms with Gasteiger partial charge in [0.05, 0.1) is 19.3 Å². The molecular weight excluding hydrogens is 513 g/mol. The van der Waals surface area contributed by atoms with Gasteiger partial charge < -0.3 is 14.6 Å². The zero-order chi connectivity index (χ0) is 24.4. The Kier molecular flexibility index (Phi) is 6.70. The number of nitrogens with one attached hydrogen (secondary N) is 2. The summed E-state index contributed by atoms with van der Waals surface area (Å²) in [6, 6.07) is 16.9. The first-order chi connectivity index (χ1) is 17.0. The van der Waals surface area contributed by atoms with Crippen LogP contribution in [0.1, 0.15) is 27.9 Å². The number of methoxy groups -OCH3 is 1. The summed E-state index contributed by atoms with van der Waals surface area (Å²) in [6.07, 6.45) is 1.80. The minimum absolute atomic E-state index is 0.00527. The molecule has 3 heterocycles. The lowest BCUT2D eigenvalue weighted by Gasteiger charge is -2.16. The number of fused-ring (bicyclic) bond motifs is 1. The van der Waals surface area contributed by atoms with Crippen molar-refractivity contribution in [3.05, 3.63) is 109 Å². The van der Waals surface area contributed by atoms with Crippen LogP contribution in [0.3, 0.4) is 0 Å². The smallest absolute Gasteiger partial charge is 0.250 e. The van der Waals surface area contributed by atoms with Crippen LogP contribution in [0.15, 0.2) is 70.1 Å². The number of ether oxygens (including phenoxy) is 1. The molecule has 7 nitrogen and oxygen atoms in total. The molecule has 0 atom stereocenters. The van der Waals surface area contributed by atoms with E-state index in [4.69, 9.17) is 4.74 Å². The Morgan fingerprint density at radius 3 is 2.60 bits per heavy atom. The molecule has 2 N–H and O–H groups in total. The summed E-state index contributed by atoms with van der Waals surface area (Å²) in [5.41, 5.74) is 4.94. The van der Waals surface area contributed by atoms with E-state index in [0.717, 1.165) is 42.3 Å². The summed E-state index contributed by atoms with van der Waals surface area (Å²) in [5.74, 6) is 0.564. The molecule has 0 amide bonds. The van der Waals surface area contributed by atoms with Crippen LogP contribution in [0.4, 0.5) is 10.2 Å². The third-order valence-electron chi connectivity index (χ3n) is 6.20. The lowest BCUT2D eigenvalue weighted by Crippen LogP contribution is -2.18. The van der Waals surface area contributed by atoms with Crippen molar-refractivity contribution in [3.8, 4) is 5.75 Å². The Morgan fingerprint density at radius 2 is 1.86 bits per heavy atom. The van der Waals surface area contributed by atoms with Gasteiger partial charge in [-0.3, -0.25) is 14.8 Å². The van der Waals surface area contributed by atoms with Crippen molar-refractivity contribution in [2.45, 2.75) is 32.7 Å². The van der Waals surface area contributed by atoms with Gasteiger partial charge in [0.2, 0.25) is 0 Å². The van der Waals surface area contributed by atoms with Crippen molar-refractivity contribution in [1.82, 2.24) is 19.7 Å². The van der Waals surface area contributed by atoms with Crippen LogP contribution in [-0.2, 0) is 32.7 Å². The van der Waals surface area contributed by atoms with Gasteiger partial charge >= 0.3 is 0 Å². The van der Waals surface area contributed by atoms with Crippen molar-refractivity contribution in [1.29, 1.82) is 0 Å². The van der Waals surface area contributed by atoms with E-state index in [1.807, 2.05) is 6.07 Å². The van der Waals surface area contributed by atoms with E-state index >= 15 is 0 Å². The second kappa shape index (κ2) is 10.1. The number of hydrogen-bond donors (Lipinski definition) is 2. The van der Waals surface area contributed by atoms with Gasteiger partial charge in [-0.15, -0.1) is 0 Å². The number of rotatable bonds is 8. The average Bonchev–Trinajstić information content (AvgIpc) is 3.42. The number of aromatic nitrogens is 3. The van der Waals surface area contributed by atoms with E-state index in [0.29, 0.717) is 16.6 Å². The summed E-state index contributed by atoms with van der Waals surface area (Å²) in [7, 11) is 1.46. The lowest BCUT2D eigenvalue weighted by molar-refractivity contribution is 0.272. The highest BCUT2D eigenvalue weighted by atomic mass is 79.9. The van der Waals surface area contributed by atoms with Crippen molar-refractivity contribution in [3.63, 3.8) is 0 Å². The maximum absolute atomic E-state index is 14.7. The summed E-state index contributed by atoms with van der Waals surface area (Å²) in [5, 5.41) is 10.8. The maximum atomic E-state index is 14.7. The first-order valence-electron chi connectivity index (χ1n) is 11.3. The molecule has 0 saturated heterocycles. The number of pyridine rings is 1. The lowest BCUT2D eigenvalue weighted by atomic mass is 10.1. The van der Waals surface area contributed by atoms with Crippen LogP contribution >= 0.6 is 15.9 Å². The van der Waals surface area contributed by atoms with E-state index in [-0.39, 0.29) is 23.7 Å². The number of nitrogens with zero attached hydrogens (tertiary/aromatic N) is 3. The molecule has 5 rings (SSSR count). The third-order valence-corrected chi connectivity index (χ3v) is 6.94. The number of halogens is 2. The normalized spacial score (nSPS) is 13.1. The predicted octanol–water partition coefficient (Wildman–Crippen LogP) is 4.66. The van der Waals surface area contributed by atoms with Gasteiger partial charge in [0.1, 0.15) is 0 Å². The van der Waals surface area contributed by atoms with Crippen molar-refractivity contribution >= 4 is 21.7 Å². The molecule has 2 aromatic carbocycles. The Bertz CT molecular complexity index is 1400. The number of benzene rings is 2. The quantitative estimate of drug-likeness (QED) is 0.342. The van der Waals surface area contributed by atoms with Gasteiger partial charge in [-0.25, -0.2) is 4.39 Å². The van der Waals surface area contributed by atoms with Crippen molar-refractivity contribution in [2.75, 3.05) is 12.4 Å². The first kappa shape index (κ1) is 23.3. The summed E-state index contributed by atoms with van der Waals surface area (Å²) < 4.78 is 22.1. The molecule has 0 aliphatic carbocycles. The highest BCUT2D eigenvalue weighted by molar-refractivity contribution is 9.10. The second-order valence-electron chi connectivity index (χ2n) is 8.55.